The number of rotatable bonds is 7. The maximum Gasteiger partial charge on any atom is 0.264 e. The van der Waals surface area contributed by atoms with Crippen LogP contribution in [-0.4, -0.2) is 14.3 Å². The maximum atomic E-state index is 13.9. The van der Waals surface area contributed by atoms with E-state index in [1.165, 1.54) is 9.87 Å². The van der Waals surface area contributed by atoms with Crippen LogP contribution >= 0.6 is 0 Å². The number of anilines is 1. The molecule has 0 saturated carbocycles. The fraction of sp³-hybridized carbons (Fsp3) is 0.167. The highest BCUT2D eigenvalue weighted by Gasteiger charge is 2.30. The highest BCUT2D eigenvalue weighted by Crippen LogP contribution is 2.32. The first kappa shape index (κ1) is 23.8. The van der Waals surface area contributed by atoms with Crippen molar-refractivity contribution < 1.29 is 13.2 Å². The van der Waals surface area contributed by atoms with Crippen LogP contribution in [0.2, 0.25) is 0 Å². The number of hydrogen-bond donors (Lipinski definition) is 1. The van der Waals surface area contributed by atoms with Crippen molar-refractivity contribution in [2.75, 3.05) is 4.31 Å². The average molecular weight is 497 g/mol. The first-order chi connectivity index (χ1) is 17.5. The molecule has 6 heteroatoms. The van der Waals surface area contributed by atoms with Crippen molar-refractivity contribution in [2.45, 2.75) is 36.7 Å². The lowest BCUT2D eigenvalue weighted by atomic mass is 9.87. The van der Waals surface area contributed by atoms with Crippen molar-refractivity contribution in [1.82, 2.24) is 5.32 Å². The van der Waals surface area contributed by atoms with Crippen LogP contribution in [0.25, 0.3) is 0 Å². The van der Waals surface area contributed by atoms with Crippen molar-refractivity contribution >= 4 is 21.6 Å². The second-order valence-electron chi connectivity index (χ2n) is 8.94. The van der Waals surface area contributed by atoms with Crippen molar-refractivity contribution in [1.29, 1.82) is 0 Å². The Labute approximate surface area is 212 Å². The number of fused-ring (bicyclic) bond motifs is 1. The number of nitrogens with zero attached hydrogens (tertiary/aromatic N) is 1. The molecular formula is C30H28N2O3S. The van der Waals surface area contributed by atoms with Crippen molar-refractivity contribution in [2.24, 2.45) is 0 Å². The summed E-state index contributed by atoms with van der Waals surface area (Å²) in [6.45, 7) is 0.106. The monoisotopic (exact) mass is 496 g/mol. The minimum atomic E-state index is -3.94. The molecule has 1 N–H and O–H groups in total. The lowest BCUT2D eigenvalue weighted by Crippen LogP contribution is -2.35. The number of carbonyl (C=O) groups is 1. The molecule has 0 saturated heterocycles. The molecule has 4 aromatic carbocycles. The molecule has 5 nitrogen and oxygen atoms in total. The summed E-state index contributed by atoms with van der Waals surface area (Å²) in [6.07, 6.45) is 2.84. The van der Waals surface area contributed by atoms with Gasteiger partial charge in [-0.2, -0.15) is 0 Å². The normalized spacial score (nSPS) is 15.1. The highest BCUT2D eigenvalue weighted by atomic mass is 32.2. The molecule has 36 heavy (non-hydrogen) atoms. The van der Waals surface area contributed by atoms with Gasteiger partial charge in [0.15, 0.2) is 0 Å². The number of hydrogen-bond acceptors (Lipinski definition) is 3. The minimum absolute atomic E-state index is 0.106. The molecule has 1 aliphatic rings. The second-order valence-corrected chi connectivity index (χ2v) is 10.8. The molecule has 0 unspecified atom stereocenters. The number of carbonyl (C=O) groups excluding carboxylic acids is 1. The molecule has 0 radical (unpaired) electrons. The third kappa shape index (κ3) is 4.90. The van der Waals surface area contributed by atoms with Crippen LogP contribution in [0.5, 0.6) is 0 Å². The molecule has 0 aromatic heterocycles. The zero-order chi connectivity index (χ0) is 25.0. The molecule has 1 atom stereocenters. The van der Waals surface area contributed by atoms with Crippen LogP contribution in [0, 0.1) is 0 Å². The van der Waals surface area contributed by atoms with Crippen molar-refractivity contribution in [3.05, 3.63) is 131 Å². The van der Waals surface area contributed by atoms with E-state index in [9.17, 15) is 13.2 Å². The van der Waals surface area contributed by atoms with Gasteiger partial charge in [-0.15, -0.1) is 0 Å². The largest absolute Gasteiger partial charge is 0.345 e. The van der Waals surface area contributed by atoms with E-state index in [1.54, 1.807) is 54.6 Å². The number of nitrogens with one attached hydrogen (secondary N) is 1. The second kappa shape index (κ2) is 10.4. The Bertz CT molecular complexity index is 1450. The van der Waals surface area contributed by atoms with Crippen LogP contribution in [0.4, 0.5) is 5.69 Å². The highest BCUT2D eigenvalue weighted by molar-refractivity contribution is 7.92. The standard InChI is InChI=1S/C30H28N2O3S/c33-30(31-28-20-11-15-24-14-7-8-18-26(24)28)27-19-9-10-21-29(27)32(22-23-12-3-1-4-13-23)36(34,35)25-16-5-2-6-17-25/h1-10,12-14,16-19,21,28H,11,15,20,22H2,(H,31,33)/t28-/m0/s1. The van der Waals surface area contributed by atoms with Gasteiger partial charge in [0.2, 0.25) is 0 Å². The van der Waals surface area contributed by atoms with Gasteiger partial charge in [0.05, 0.1) is 28.7 Å². The molecule has 0 heterocycles. The summed E-state index contributed by atoms with van der Waals surface area (Å²) in [5.74, 6) is -0.284. The zero-order valence-electron chi connectivity index (χ0n) is 19.9. The third-order valence-electron chi connectivity index (χ3n) is 6.59. The Morgan fingerprint density at radius 1 is 0.806 bits per heavy atom. The third-order valence-corrected chi connectivity index (χ3v) is 8.37. The van der Waals surface area contributed by atoms with E-state index in [0.717, 1.165) is 30.4 Å². The fourth-order valence-electron chi connectivity index (χ4n) is 4.79. The number of aryl methyl sites for hydroxylation is 1. The molecule has 0 bridgehead atoms. The van der Waals surface area contributed by atoms with Gasteiger partial charge in [-0.1, -0.05) is 84.9 Å². The molecule has 4 aromatic rings. The van der Waals surface area contributed by atoms with Crippen LogP contribution in [-0.2, 0) is 23.0 Å². The number of sulfonamides is 1. The molecule has 0 spiro atoms. The van der Waals surface area contributed by atoms with Crippen LogP contribution < -0.4 is 9.62 Å². The number of amides is 1. The molecule has 182 valence electrons. The Kier molecular flexibility index (Phi) is 6.87. The smallest absolute Gasteiger partial charge is 0.264 e. The molecule has 0 aliphatic heterocycles. The average Bonchev–Trinajstić information content (AvgIpc) is 2.93. The van der Waals surface area contributed by atoms with Gasteiger partial charge in [0.25, 0.3) is 15.9 Å². The first-order valence-corrected chi connectivity index (χ1v) is 13.6. The Balaban J connectivity index is 1.53. The van der Waals surface area contributed by atoms with Gasteiger partial charge in [-0.05, 0) is 60.2 Å². The molecule has 0 fully saturated rings. The molecular weight excluding hydrogens is 468 g/mol. The number of benzene rings is 4. The van der Waals surface area contributed by atoms with Gasteiger partial charge in [0.1, 0.15) is 0 Å². The summed E-state index contributed by atoms with van der Waals surface area (Å²) in [7, 11) is -3.94. The van der Waals surface area contributed by atoms with E-state index in [1.807, 2.05) is 42.5 Å². The van der Waals surface area contributed by atoms with Crippen molar-refractivity contribution in [3.63, 3.8) is 0 Å². The molecule has 5 rings (SSSR count). The van der Waals surface area contributed by atoms with Gasteiger partial charge >= 0.3 is 0 Å². The van der Waals surface area contributed by atoms with E-state index < -0.39 is 10.0 Å². The Hall–Kier alpha value is -3.90. The molecule has 1 amide bonds. The van der Waals surface area contributed by atoms with Gasteiger partial charge in [-0.25, -0.2) is 8.42 Å². The van der Waals surface area contributed by atoms with Crippen LogP contribution in [0.1, 0.15) is 45.9 Å². The van der Waals surface area contributed by atoms with Gasteiger partial charge in [0, 0.05) is 0 Å². The summed E-state index contributed by atoms with van der Waals surface area (Å²) >= 11 is 0. The van der Waals surface area contributed by atoms with Gasteiger partial charge in [-0.3, -0.25) is 9.10 Å². The van der Waals surface area contributed by atoms with E-state index in [0.29, 0.717) is 11.3 Å². The van der Waals surface area contributed by atoms with Crippen LogP contribution in [0.15, 0.2) is 114 Å². The van der Waals surface area contributed by atoms with Crippen molar-refractivity contribution in [3.8, 4) is 0 Å². The van der Waals surface area contributed by atoms with E-state index >= 15 is 0 Å². The summed E-state index contributed by atoms with van der Waals surface area (Å²) in [4.78, 5) is 13.8. The maximum absolute atomic E-state index is 13.9. The predicted molar refractivity (Wildman–Crippen MR) is 142 cm³/mol. The predicted octanol–water partition coefficient (Wildman–Crippen LogP) is 5.89. The fourth-order valence-corrected chi connectivity index (χ4v) is 6.28. The molecule has 1 aliphatic carbocycles. The minimum Gasteiger partial charge on any atom is -0.345 e. The van der Waals surface area contributed by atoms with E-state index in [4.69, 9.17) is 0 Å². The summed E-state index contributed by atoms with van der Waals surface area (Å²) in [5, 5.41) is 3.18. The van der Waals surface area contributed by atoms with Crippen LogP contribution in [0.3, 0.4) is 0 Å². The van der Waals surface area contributed by atoms with Gasteiger partial charge < -0.3 is 5.32 Å². The summed E-state index contributed by atoms with van der Waals surface area (Å²) in [5.41, 5.74) is 3.89. The lowest BCUT2D eigenvalue weighted by Gasteiger charge is -2.29. The summed E-state index contributed by atoms with van der Waals surface area (Å²) in [6, 6.07) is 32.8. The SMILES string of the molecule is O=C(N[C@H]1CCCc2ccccc21)c1ccccc1N(Cc1ccccc1)S(=O)(=O)c1ccccc1. The topological polar surface area (TPSA) is 66.5 Å². The lowest BCUT2D eigenvalue weighted by molar-refractivity contribution is 0.0933. The van der Waals surface area contributed by atoms with E-state index in [-0.39, 0.29) is 23.4 Å². The Morgan fingerprint density at radius 3 is 2.22 bits per heavy atom. The first-order valence-electron chi connectivity index (χ1n) is 12.1. The Morgan fingerprint density at radius 2 is 1.44 bits per heavy atom. The number of para-hydroxylation sites is 1. The quantitative estimate of drug-likeness (QED) is 0.347. The summed E-state index contributed by atoms with van der Waals surface area (Å²) < 4.78 is 29.1. The van der Waals surface area contributed by atoms with E-state index in [2.05, 4.69) is 17.4 Å². The zero-order valence-corrected chi connectivity index (χ0v) is 20.7.